The van der Waals surface area contributed by atoms with Crippen molar-refractivity contribution in [2.24, 2.45) is 21.8 Å². The lowest BCUT2D eigenvalue weighted by atomic mass is 9.81. The molecule has 10 rings (SSSR count). The molecule has 0 bridgehead atoms. The van der Waals surface area contributed by atoms with Gasteiger partial charge in [-0.25, -0.2) is 9.98 Å². The maximum absolute atomic E-state index is 6.70. The lowest BCUT2D eigenvalue weighted by Gasteiger charge is -2.32. The van der Waals surface area contributed by atoms with E-state index in [2.05, 4.69) is 139 Å². The molecule has 0 saturated carbocycles. The number of hydrogen-bond acceptors (Lipinski definition) is 5. The van der Waals surface area contributed by atoms with Crippen molar-refractivity contribution in [2.45, 2.75) is 82.9 Å². The maximum Gasteiger partial charge on any atom is 0.159 e. The molecule has 3 aromatic rings. The molecule has 7 aliphatic rings. The number of allylic oxidation sites excluding steroid dienone is 10. The topological polar surface area (TPSA) is 59.1 Å². The number of furan rings is 1. The van der Waals surface area contributed by atoms with Gasteiger partial charge in [-0.1, -0.05) is 123 Å². The smallest absolute Gasteiger partial charge is 0.159 e. The number of para-hydroxylation sites is 1. The summed E-state index contributed by atoms with van der Waals surface area (Å²) in [7, 11) is 0. The second kappa shape index (κ2) is 14.5. The predicted molar refractivity (Wildman–Crippen MR) is 225 cm³/mol. The van der Waals surface area contributed by atoms with Crippen molar-refractivity contribution in [3.05, 3.63) is 172 Å². The van der Waals surface area contributed by atoms with Crippen LogP contribution in [0.2, 0.25) is 0 Å². The molecule has 0 spiro atoms. The van der Waals surface area contributed by atoms with Crippen LogP contribution in [0.5, 0.6) is 0 Å². The van der Waals surface area contributed by atoms with Crippen LogP contribution in [0.1, 0.15) is 86.7 Å². The number of rotatable bonds is 8. The quantitative estimate of drug-likeness (QED) is 0.236. The summed E-state index contributed by atoms with van der Waals surface area (Å²) in [5.74, 6) is 4.51. The van der Waals surface area contributed by atoms with Crippen molar-refractivity contribution in [1.29, 1.82) is 0 Å². The van der Waals surface area contributed by atoms with Crippen molar-refractivity contribution in [3.8, 4) is 0 Å². The summed E-state index contributed by atoms with van der Waals surface area (Å²) in [6.07, 6.45) is 36.2. The van der Waals surface area contributed by atoms with Crippen LogP contribution in [0.15, 0.2) is 164 Å². The minimum atomic E-state index is -0.373. The molecular weight excluding hydrogens is 675 g/mol. The molecular formula is C50H47N3O2. The van der Waals surface area contributed by atoms with Crippen LogP contribution in [-0.4, -0.2) is 23.9 Å². The molecule has 0 fully saturated rings. The number of hydrogen-bond donors (Lipinski definition) is 1. The predicted octanol–water partition coefficient (Wildman–Crippen LogP) is 11.6. The van der Waals surface area contributed by atoms with E-state index in [1.54, 1.807) is 0 Å². The van der Waals surface area contributed by atoms with Gasteiger partial charge in [-0.05, 0) is 79.4 Å². The third-order valence-electron chi connectivity index (χ3n) is 12.1. The van der Waals surface area contributed by atoms with Crippen LogP contribution in [0, 0.1) is 11.8 Å². The summed E-state index contributed by atoms with van der Waals surface area (Å²) in [5.41, 5.74) is 14.0. The number of ether oxygens (including phenoxy) is 1. The average Bonchev–Trinajstić information content (AvgIpc) is 3.72. The second-order valence-electron chi connectivity index (χ2n) is 15.7. The fourth-order valence-electron chi connectivity index (χ4n) is 9.22. The number of nitrogens with zero attached hydrogens (tertiary/aromatic N) is 2. The van der Waals surface area contributed by atoms with E-state index in [-0.39, 0.29) is 24.1 Å². The zero-order valence-electron chi connectivity index (χ0n) is 31.5. The molecule has 274 valence electrons. The minimum absolute atomic E-state index is 0.114. The van der Waals surface area contributed by atoms with E-state index in [0.717, 1.165) is 101 Å². The Balaban J connectivity index is 1.03. The third kappa shape index (κ3) is 6.41. The lowest BCUT2D eigenvalue weighted by Crippen LogP contribution is -2.44. The van der Waals surface area contributed by atoms with Gasteiger partial charge in [0.2, 0.25) is 0 Å². The molecule has 0 amide bonds. The Morgan fingerprint density at radius 2 is 1.85 bits per heavy atom. The number of amidine groups is 2. The fraction of sp³-hybridized carbons (Fsp3) is 0.300. The molecule has 5 nitrogen and oxygen atoms in total. The molecule has 3 heterocycles. The van der Waals surface area contributed by atoms with Crippen molar-refractivity contribution in [2.75, 3.05) is 0 Å². The molecule has 2 aliphatic heterocycles. The largest absolute Gasteiger partial charge is 0.485 e. The summed E-state index contributed by atoms with van der Waals surface area (Å²) in [4.78, 5) is 10.7. The van der Waals surface area contributed by atoms with Crippen molar-refractivity contribution < 1.29 is 9.15 Å². The van der Waals surface area contributed by atoms with E-state index >= 15 is 0 Å². The Morgan fingerprint density at radius 1 is 0.945 bits per heavy atom. The minimum Gasteiger partial charge on any atom is -0.485 e. The van der Waals surface area contributed by atoms with Gasteiger partial charge in [0, 0.05) is 51.5 Å². The summed E-state index contributed by atoms with van der Waals surface area (Å²) in [6, 6.07) is 17.5. The maximum atomic E-state index is 6.70. The monoisotopic (exact) mass is 721 g/mol. The van der Waals surface area contributed by atoms with Gasteiger partial charge in [0.05, 0.1) is 0 Å². The molecule has 5 unspecified atom stereocenters. The van der Waals surface area contributed by atoms with Gasteiger partial charge in [0.15, 0.2) is 5.84 Å². The van der Waals surface area contributed by atoms with Gasteiger partial charge in [0.1, 0.15) is 35.2 Å². The standard InChI is InChI=1S/C50H47N3O2/c1-2-3-13-32-14-11-17-33(25-24-32)34-26-28-35(29-27-34)37-30-42(46-40-19-8-10-23-44(40)54-45(46)31-37)50-52-48(36-15-5-4-6-16-36)51-49(53-50)41-21-12-20-39-38-18-7-9-22-43(38)55-47(39)41/h5,8-12,15-17,19-24,26-30,32,37,39,47,50H,2-4,6-7,13-14,18,31H2,1H3,(H,51,52,53). The van der Waals surface area contributed by atoms with Gasteiger partial charge >= 0.3 is 0 Å². The van der Waals surface area contributed by atoms with Crippen LogP contribution in [0.3, 0.4) is 0 Å². The van der Waals surface area contributed by atoms with E-state index in [4.69, 9.17) is 19.1 Å². The number of fused-ring (bicyclic) bond motifs is 5. The van der Waals surface area contributed by atoms with Crippen LogP contribution >= 0.6 is 0 Å². The Labute approximate surface area is 324 Å². The highest BCUT2D eigenvalue weighted by Gasteiger charge is 2.41. The van der Waals surface area contributed by atoms with E-state index in [1.165, 1.54) is 36.0 Å². The third-order valence-corrected chi connectivity index (χ3v) is 12.1. The van der Waals surface area contributed by atoms with Gasteiger partial charge in [-0.2, -0.15) is 0 Å². The van der Waals surface area contributed by atoms with Crippen molar-refractivity contribution in [1.82, 2.24) is 5.32 Å². The highest BCUT2D eigenvalue weighted by molar-refractivity contribution is 6.15. The first-order chi connectivity index (χ1) is 27.2. The number of nitrogens with one attached hydrogen (secondary N) is 1. The number of aliphatic imine (C=N–C) groups is 2. The SMILES string of the molecule is CCCCC1C=C=C(c2ccc(C3C=C(C4N=C(C5=CCCC=C5)N=C(C5=CC=CC6C7=C(C=CCC7)OC56)N4)c4c(oc5ccccc45)C3)cc2)C=CC1. The molecule has 5 aliphatic carbocycles. The molecule has 1 N–H and O–H groups in total. The Hall–Kier alpha value is -5.64. The van der Waals surface area contributed by atoms with Crippen LogP contribution < -0.4 is 5.32 Å². The van der Waals surface area contributed by atoms with Crippen LogP contribution in [0.4, 0.5) is 0 Å². The molecule has 55 heavy (non-hydrogen) atoms. The van der Waals surface area contributed by atoms with E-state index in [1.807, 2.05) is 0 Å². The molecule has 1 aromatic heterocycles. The first-order valence-corrected chi connectivity index (χ1v) is 20.4. The first kappa shape index (κ1) is 33.9. The highest BCUT2D eigenvalue weighted by Crippen LogP contribution is 2.45. The lowest BCUT2D eigenvalue weighted by molar-refractivity contribution is 0.167. The van der Waals surface area contributed by atoms with E-state index in [0.29, 0.717) is 5.92 Å². The summed E-state index contributed by atoms with van der Waals surface area (Å²) in [6.45, 7) is 2.26. The van der Waals surface area contributed by atoms with Crippen molar-refractivity contribution in [3.63, 3.8) is 0 Å². The first-order valence-electron chi connectivity index (χ1n) is 20.4. The summed E-state index contributed by atoms with van der Waals surface area (Å²) >= 11 is 0. The molecule has 0 saturated heterocycles. The Bertz CT molecular complexity index is 2430. The molecule has 2 aromatic carbocycles. The average molecular weight is 722 g/mol. The van der Waals surface area contributed by atoms with E-state index in [9.17, 15) is 0 Å². The zero-order chi connectivity index (χ0) is 36.7. The number of benzene rings is 2. The molecule has 5 atom stereocenters. The normalized spacial score (nSPS) is 26.5. The van der Waals surface area contributed by atoms with Crippen LogP contribution in [-0.2, 0) is 11.2 Å². The Morgan fingerprint density at radius 3 is 2.75 bits per heavy atom. The van der Waals surface area contributed by atoms with Crippen LogP contribution in [0.25, 0.3) is 22.1 Å². The van der Waals surface area contributed by atoms with Gasteiger partial charge < -0.3 is 14.5 Å². The van der Waals surface area contributed by atoms with Gasteiger partial charge in [-0.15, -0.1) is 5.73 Å². The fourth-order valence-corrected chi connectivity index (χ4v) is 9.22. The summed E-state index contributed by atoms with van der Waals surface area (Å²) < 4.78 is 13.4. The van der Waals surface area contributed by atoms with E-state index < -0.39 is 0 Å². The number of unbranched alkanes of at least 4 members (excludes halogenated alkanes) is 1. The molecule has 0 radical (unpaired) electrons. The highest BCUT2D eigenvalue weighted by atomic mass is 16.5. The molecule has 5 heteroatoms. The summed E-state index contributed by atoms with van der Waals surface area (Å²) in [5, 5.41) is 4.98. The van der Waals surface area contributed by atoms with Gasteiger partial charge in [-0.3, -0.25) is 0 Å². The van der Waals surface area contributed by atoms with Gasteiger partial charge in [0.25, 0.3) is 0 Å². The zero-order valence-corrected chi connectivity index (χ0v) is 31.5. The van der Waals surface area contributed by atoms with Crippen molar-refractivity contribution >= 4 is 33.8 Å². The Kier molecular flexibility index (Phi) is 8.96. The second-order valence-corrected chi connectivity index (χ2v) is 15.7.